The third-order valence-electron chi connectivity index (χ3n) is 3.60. The fraction of sp³-hybridized carbons (Fsp3) is 0.600. The SMILES string of the molecule is CCOC(=O)N1Cc2c(nnc(NN=C(C)C)c2C)C(C)C1. The van der Waals surface area contributed by atoms with E-state index in [-0.39, 0.29) is 12.0 Å². The van der Waals surface area contributed by atoms with E-state index in [9.17, 15) is 4.79 Å². The fourth-order valence-corrected chi connectivity index (χ4v) is 2.47. The fourth-order valence-electron chi connectivity index (χ4n) is 2.47. The molecule has 120 valence electrons. The second kappa shape index (κ2) is 6.72. The molecule has 0 saturated carbocycles. The van der Waals surface area contributed by atoms with Gasteiger partial charge in [-0.2, -0.15) is 10.2 Å². The number of hydrazone groups is 1. The Balaban J connectivity index is 2.31. The maximum Gasteiger partial charge on any atom is 0.410 e. The zero-order chi connectivity index (χ0) is 16.3. The van der Waals surface area contributed by atoms with Gasteiger partial charge in [-0.25, -0.2) is 4.79 Å². The summed E-state index contributed by atoms with van der Waals surface area (Å²) in [5, 5.41) is 12.7. The molecule has 2 rings (SSSR count). The van der Waals surface area contributed by atoms with Gasteiger partial charge in [0.25, 0.3) is 0 Å². The number of anilines is 1. The van der Waals surface area contributed by atoms with E-state index < -0.39 is 0 Å². The summed E-state index contributed by atoms with van der Waals surface area (Å²) in [5.74, 6) is 0.752. The summed E-state index contributed by atoms with van der Waals surface area (Å²) in [4.78, 5) is 13.7. The molecule has 1 unspecified atom stereocenters. The van der Waals surface area contributed by atoms with Gasteiger partial charge in [0.15, 0.2) is 5.82 Å². The first-order valence-electron chi connectivity index (χ1n) is 7.48. The molecule has 1 N–H and O–H groups in total. The Morgan fingerprint density at radius 2 is 2.18 bits per heavy atom. The average Bonchev–Trinajstić information content (AvgIpc) is 2.47. The second-order valence-electron chi connectivity index (χ2n) is 5.69. The summed E-state index contributed by atoms with van der Waals surface area (Å²) in [6.45, 7) is 11.1. The Morgan fingerprint density at radius 1 is 1.45 bits per heavy atom. The standard InChI is InChI=1S/C15H23N5O2/c1-6-22-15(21)20-7-10(4)13-12(8-20)11(5)14(19-17-13)18-16-9(2)3/h10H,6-8H2,1-5H3,(H,18,19). The van der Waals surface area contributed by atoms with E-state index >= 15 is 0 Å². The number of carbonyl (C=O) groups excluding carboxylic acids is 1. The Labute approximate surface area is 130 Å². The molecule has 1 aliphatic heterocycles. The van der Waals surface area contributed by atoms with Crippen LogP contribution in [0.2, 0.25) is 0 Å². The van der Waals surface area contributed by atoms with E-state index in [1.54, 1.807) is 4.90 Å². The lowest BCUT2D eigenvalue weighted by atomic mass is 9.94. The number of nitrogens with zero attached hydrogens (tertiary/aromatic N) is 4. The Kier molecular flexibility index (Phi) is 4.95. The molecule has 1 amide bonds. The first kappa shape index (κ1) is 16.2. The number of fused-ring (bicyclic) bond motifs is 1. The quantitative estimate of drug-likeness (QED) is 0.686. The molecule has 7 nitrogen and oxygen atoms in total. The number of ether oxygens (including phenoxy) is 1. The van der Waals surface area contributed by atoms with Crippen molar-refractivity contribution in [3.63, 3.8) is 0 Å². The van der Waals surface area contributed by atoms with Gasteiger partial charge in [0.1, 0.15) is 0 Å². The molecule has 1 aromatic heterocycles. The third-order valence-corrected chi connectivity index (χ3v) is 3.60. The van der Waals surface area contributed by atoms with Crippen LogP contribution in [0, 0.1) is 6.92 Å². The van der Waals surface area contributed by atoms with Crippen molar-refractivity contribution in [2.24, 2.45) is 5.10 Å². The minimum Gasteiger partial charge on any atom is -0.450 e. The van der Waals surface area contributed by atoms with Crippen LogP contribution in [-0.4, -0.2) is 40.1 Å². The highest BCUT2D eigenvalue weighted by molar-refractivity contribution is 5.79. The van der Waals surface area contributed by atoms with Crippen molar-refractivity contribution in [2.75, 3.05) is 18.6 Å². The number of aromatic nitrogens is 2. The molecule has 1 aromatic rings. The lowest BCUT2D eigenvalue weighted by Crippen LogP contribution is -2.39. The van der Waals surface area contributed by atoms with Crippen LogP contribution < -0.4 is 5.43 Å². The molecule has 0 aromatic carbocycles. The summed E-state index contributed by atoms with van der Waals surface area (Å²) in [5.41, 5.74) is 6.76. The largest absolute Gasteiger partial charge is 0.450 e. The van der Waals surface area contributed by atoms with Crippen molar-refractivity contribution in [1.82, 2.24) is 15.1 Å². The molecule has 0 aliphatic carbocycles. The Morgan fingerprint density at radius 3 is 2.82 bits per heavy atom. The van der Waals surface area contributed by atoms with Crippen LogP contribution in [-0.2, 0) is 11.3 Å². The number of amides is 1. The van der Waals surface area contributed by atoms with E-state index in [0.29, 0.717) is 25.5 Å². The van der Waals surface area contributed by atoms with Crippen molar-refractivity contribution in [3.05, 3.63) is 16.8 Å². The van der Waals surface area contributed by atoms with E-state index in [0.717, 1.165) is 22.5 Å². The summed E-state index contributed by atoms with van der Waals surface area (Å²) in [6, 6.07) is 0. The summed E-state index contributed by atoms with van der Waals surface area (Å²) in [7, 11) is 0. The molecule has 1 aliphatic rings. The molecule has 22 heavy (non-hydrogen) atoms. The van der Waals surface area contributed by atoms with Gasteiger partial charge in [0.2, 0.25) is 0 Å². The number of hydrogen-bond donors (Lipinski definition) is 1. The van der Waals surface area contributed by atoms with Crippen molar-refractivity contribution in [3.8, 4) is 0 Å². The molecule has 0 bridgehead atoms. The Bertz CT molecular complexity index is 596. The van der Waals surface area contributed by atoms with Gasteiger partial charge in [-0.15, -0.1) is 5.10 Å². The summed E-state index contributed by atoms with van der Waals surface area (Å²) < 4.78 is 5.11. The predicted octanol–water partition coefficient (Wildman–Crippen LogP) is 2.67. The minimum atomic E-state index is -0.284. The molecule has 7 heteroatoms. The van der Waals surface area contributed by atoms with E-state index in [2.05, 4.69) is 20.7 Å². The highest BCUT2D eigenvalue weighted by atomic mass is 16.6. The van der Waals surface area contributed by atoms with Crippen molar-refractivity contribution >= 4 is 17.6 Å². The number of nitrogens with one attached hydrogen (secondary N) is 1. The van der Waals surface area contributed by atoms with Crippen LogP contribution in [0.5, 0.6) is 0 Å². The van der Waals surface area contributed by atoms with Crippen LogP contribution in [0.25, 0.3) is 0 Å². The van der Waals surface area contributed by atoms with Gasteiger partial charge in [0, 0.05) is 29.3 Å². The average molecular weight is 305 g/mol. The van der Waals surface area contributed by atoms with Crippen LogP contribution in [0.1, 0.15) is 50.4 Å². The lowest BCUT2D eigenvalue weighted by Gasteiger charge is -2.32. The lowest BCUT2D eigenvalue weighted by molar-refractivity contribution is 0.0987. The van der Waals surface area contributed by atoms with Gasteiger partial charge >= 0.3 is 6.09 Å². The molecular formula is C15H23N5O2. The first-order chi connectivity index (χ1) is 10.4. The van der Waals surface area contributed by atoms with Crippen LogP contribution in [0.15, 0.2) is 5.10 Å². The molecule has 0 saturated heterocycles. The van der Waals surface area contributed by atoms with E-state index in [1.165, 1.54) is 0 Å². The Hall–Kier alpha value is -2.18. The number of carbonyl (C=O) groups is 1. The molecule has 1 atom stereocenters. The van der Waals surface area contributed by atoms with Gasteiger partial charge in [-0.3, -0.25) is 5.43 Å². The van der Waals surface area contributed by atoms with E-state index in [4.69, 9.17) is 4.74 Å². The number of hydrogen-bond acceptors (Lipinski definition) is 6. The van der Waals surface area contributed by atoms with E-state index in [1.807, 2.05) is 34.6 Å². The molecule has 0 radical (unpaired) electrons. The van der Waals surface area contributed by atoms with Gasteiger partial charge in [-0.05, 0) is 27.7 Å². The molecule has 0 spiro atoms. The maximum absolute atomic E-state index is 12.0. The molecule has 2 heterocycles. The van der Waals surface area contributed by atoms with Crippen molar-refractivity contribution < 1.29 is 9.53 Å². The van der Waals surface area contributed by atoms with Crippen LogP contribution >= 0.6 is 0 Å². The summed E-state index contributed by atoms with van der Waals surface area (Å²) in [6.07, 6.45) is -0.284. The topological polar surface area (TPSA) is 79.7 Å². The van der Waals surface area contributed by atoms with Crippen LogP contribution in [0.4, 0.5) is 10.6 Å². The molecular weight excluding hydrogens is 282 g/mol. The second-order valence-corrected chi connectivity index (χ2v) is 5.69. The molecule has 0 fully saturated rings. The van der Waals surface area contributed by atoms with Gasteiger partial charge in [-0.1, -0.05) is 6.92 Å². The monoisotopic (exact) mass is 305 g/mol. The zero-order valence-electron chi connectivity index (χ0n) is 13.8. The van der Waals surface area contributed by atoms with Crippen molar-refractivity contribution in [1.29, 1.82) is 0 Å². The predicted molar refractivity (Wildman–Crippen MR) is 85.0 cm³/mol. The highest BCUT2D eigenvalue weighted by Crippen LogP contribution is 2.30. The van der Waals surface area contributed by atoms with Gasteiger partial charge in [0.05, 0.1) is 18.8 Å². The normalized spacial score (nSPS) is 16.8. The first-order valence-corrected chi connectivity index (χ1v) is 7.48. The number of rotatable bonds is 3. The minimum absolute atomic E-state index is 0.129. The van der Waals surface area contributed by atoms with Crippen molar-refractivity contribution in [2.45, 2.75) is 47.1 Å². The van der Waals surface area contributed by atoms with Gasteiger partial charge < -0.3 is 9.64 Å². The zero-order valence-corrected chi connectivity index (χ0v) is 13.8. The smallest absolute Gasteiger partial charge is 0.410 e. The van der Waals surface area contributed by atoms with Crippen LogP contribution in [0.3, 0.4) is 0 Å². The summed E-state index contributed by atoms with van der Waals surface area (Å²) >= 11 is 0. The highest BCUT2D eigenvalue weighted by Gasteiger charge is 2.30. The third kappa shape index (κ3) is 3.35. The maximum atomic E-state index is 12.0.